The molecule has 3 aliphatic rings. The molecule has 5 heterocycles. The molecule has 0 saturated carbocycles. The van der Waals surface area contributed by atoms with Gasteiger partial charge in [-0.2, -0.15) is 15.2 Å². The normalized spacial score (nSPS) is 14.5. The number of benzene rings is 5. The van der Waals surface area contributed by atoms with Crippen LogP contribution in [0.1, 0.15) is 49.4 Å². The maximum atomic E-state index is 13.6. The third-order valence-electron chi connectivity index (χ3n) is 11.5. The Morgan fingerprint density at radius 2 is 1.51 bits per heavy atom. The highest BCUT2D eigenvalue weighted by atomic mass is 32.1. The summed E-state index contributed by atoms with van der Waals surface area (Å²) in [5, 5.41) is 44.3. The molecule has 1 spiro atoms. The summed E-state index contributed by atoms with van der Waals surface area (Å²) in [6, 6.07) is 30.8. The molecule has 2 aromatic heterocycles. The number of carbonyl (C=O) groups is 3. The topological polar surface area (TPSA) is 240 Å². The SMILES string of the molecule is O=C(NCCCOCCOCCOCNC(=S)Nc1ccc2c(c1)C(=O)OC21c2ccc(O)cc2Oc2cc(O)ccc21)c1ccc(-c2csc(N3N=C(c4ccccc4)/C(=N/Nc4nccs4)C3=O)n2)cc1. The second kappa shape index (κ2) is 21.7. The number of hydrogen-bond acceptors (Lipinski definition) is 18. The van der Waals surface area contributed by atoms with E-state index in [1.165, 1.54) is 51.9 Å². The van der Waals surface area contributed by atoms with Crippen LogP contribution in [0.25, 0.3) is 11.3 Å². The number of anilines is 3. The standard InChI is InChI=1S/C51H43N9O10S3/c61-34-12-15-38-41(26-34)69-42-27-35(62)13-16-39(42)51(38)37-14-11-33(25-36(37)47(65)70-51)55-48(71)54-29-68-23-22-67-21-20-66-19-4-17-52-45(63)32-9-7-30(8-10-32)40-28-73-50(56-40)60-46(64)44(57-58-49-53-18-24-72-49)43(59-60)31-5-2-1-3-6-31/h1-3,5-16,18,24-28,61-62H,4,17,19-23,29H2,(H,52,63)(H,53,58)(H2,54,55,71)/b57-44-. The number of fused-ring (bicyclic) bond motifs is 6. The molecule has 6 N–H and O–H groups in total. The first-order valence-electron chi connectivity index (χ1n) is 22.7. The number of thiazole rings is 2. The zero-order chi connectivity index (χ0) is 50.3. The Labute approximate surface area is 430 Å². The van der Waals surface area contributed by atoms with Gasteiger partial charge in [-0.3, -0.25) is 15.0 Å². The maximum absolute atomic E-state index is 13.6. The van der Waals surface area contributed by atoms with Crippen LogP contribution in [-0.4, -0.2) is 101 Å². The van der Waals surface area contributed by atoms with E-state index in [0.717, 1.165) is 11.1 Å². The number of ether oxygens (including phenoxy) is 5. The minimum absolute atomic E-state index is 0.0257. The van der Waals surface area contributed by atoms with E-state index >= 15 is 0 Å². The highest BCUT2D eigenvalue weighted by molar-refractivity contribution is 7.80. The van der Waals surface area contributed by atoms with E-state index in [2.05, 4.69) is 36.6 Å². The largest absolute Gasteiger partial charge is 0.508 e. The number of rotatable bonds is 19. The molecule has 73 heavy (non-hydrogen) atoms. The van der Waals surface area contributed by atoms with E-state index < -0.39 is 17.5 Å². The lowest BCUT2D eigenvalue weighted by atomic mass is 9.77. The van der Waals surface area contributed by atoms with Gasteiger partial charge in [-0.15, -0.1) is 22.7 Å². The van der Waals surface area contributed by atoms with Gasteiger partial charge in [0.2, 0.25) is 10.3 Å². The molecule has 10 rings (SSSR count). The minimum atomic E-state index is -1.36. The Morgan fingerprint density at radius 3 is 2.23 bits per heavy atom. The Hall–Kier alpha value is -8.12. The monoisotopic (exact) mass is 1040 g/mol. The van der Waals surface area contributed by atoms with Crippen LogP contribution in [0.15, 0.2) is 136 Å². The fourth-order valence-electron chi connectivity index (χ4n) is 8.15. The number of phenolic OH excluding ortho intramolecular Hbond substituents is 2. The first kappa shape index (κ1) is 48.5. The van der Waals surface area contributed by atoms with Crippen molar-refractivity contribution < 1.29 is 48.3 Å². The molecule has 3 aliphatic heterocycles. The zero-order valence-electron chi connectivity index (χ0n) is 38.4. The van der Waals surface area contributed by atoms with Crippen molar-refractivity contribution >= 4 is 85.2 Å². The van der Waals surface area contributed by atoms with Crippen molar-refractivity contribution in [2.24, 2.45) is 10.2 Å². The second-order valence-corrected chi connectivity index (χ2v) is 18.4. The molecule has 0 atom stereocenters. The van der Waals surface area contributed by atoms with Crippen LogP contribution >= 0.6 is 34.9 Å². The van der Waals surface area contributed by atoms with Crippen molar-refractivity contribution in [2.45, 2.75) is 12.0 Å². The number of aromatic nitrogens is 2. The quantitative estimate of drug-likeness (QED) is 0.0150. The summed E-state index contributed by atoms with van der Waals surface area (Å²) in [4.78, 5) is 48.7. The molecule has 370 valence electrons. The number of thiocarbonyl (C=S) groups is 1. The molecule has 22 heteroatoms. The number of phenols is 2. The van der Waals surface area contributed by atoms with Crippen LogP contribution in [0.5, 0.6) is 23.0 Å². The number of nitrogens with one attached hydrogen (secondary N) is 4. The van der Waals surface area contributed by atoms with E-state index in [1.54, 1.807) is 54.0 Å². The average molecular weight is 1040 g/mol. The molecule has 5 aromatic carbocycles. The smallest absolute Gasteiger partial charge is 0.340 e. The zero-order valence-corrected chi connectivity index (χ0v) is 40.9. The third kappa shape index (κ3) is 10.5. The molecule has 0 radical (unpaired) electrons. The van der Waals surface area contributed by atoms with Gasteiger partial charge in [0, 0.05) is 81.3 Å². The summed E-state index contributed by atoms with van der Waals surface area (Å²) in [5.74, 6) is -0.660. The van der Waals surface area contributed by atoms with Crippen molar-refractivity contribution in [3.63, 3.8) is 0 Å². The fraction of sp³-hybridized carbons (Fsp3) is 0.176. The number of carbonyl (C=O) groups excluding carboxylic acids is 3. The van der Waals surface area contributed by atoms with Gasteiger partial charge in [-0.1, -0.05) is 48.5 Å². The summed E-state index contributed by atoms with van der Waals surface area (Å²) < 4.78 is 29.0. The average Bonchev–Trinajstić information content (AvgIpc) is 4.23. The number of nitrogens with zero attached hydrogens (tertiary/aromatic N) is 5. The van der Waals surface area contributed by atoms with Crippen LogP contribution in [0.3, 0.4) is 0 Å². The van der Waals surface area contributed by atoms with Gasteiger partial charge >= 0.3 is 11.9 Å². The van der Waals surface area contributed by atoms with Gasteiger partial charge in [0.15, 0.2) is 16.4 Å². The van der Waals surface area contributed by atoms with Gasteiger partial charge in [0.25, 0.3) is 5.91 Å². The lowest BCUT2D eigenvalue weighted by Crippen LogP contribution is -2.33. The molecule has 0 unspecified atom stereocenters. The van der Waals surface area contributed by atoms with Crippen molar-refractivity contribution in [1.29, 1.82) is 0 Å². The van der Waals surface area contributed by atoms with E-state index in [-0.39, 0.29) is 35.0 Å². The Morgan fingerprint density at radius 1 is 0.795 bits per heavy atom. The van der Waals surface area contributed by atoms with Gasteiger partial charge in [0.05, 0.1) is 37.7 Å². The summed E-state index contributed by atoms with van der Waals surface area (Å²) in [6.07, 6.45) is 2.25. The van der Waals surface area contributed by atoms with E-state index in [4.69, 9.17) is 40.9 Å². The summed E-state index contributed by atoms with van der Waals surface area (Å²) in [5.41, 5.74) is 7.17. The number of hydrazone groups is 2. The molecule has 0 fully saturated rings. The highest BCUT2D eigenvalue weighted by Gasteiger charge is 2.53. The van der Waals surface area contributed by atoms with E-state index in [0.29, 0.717) is 113 Å². The fourth-order valence-corrected chi connectivity index (χ4v) is 9.58. The number of hydrogen-bond donors (Lipinski definition) is 6. The summed E-state index contributed by atoms with van der Waals surface area (Å²) in [6.45, 7) is 2.35. The summed E-state index contributed by atoms with van der Waals surface area (Å²) >= 11 is 8.08. The molecule has 19 nitrogen and oxygen atoms in total. The third-order valence-corrected chi connectivity index (χ3v) is 13.3. The predicted octanol–water partition coefficient (Wildman–Crippen LogP) is 7.58. The highest BCUT2D eigenvalue weighted by Crippen LogP contribution is 2.57. The first-order valence-corrected chi connectivity index (χ1v) is 24.9. The molecule has 7 aromatic rings. The first-order chi connectivity index (χ1) is 35.6. The number of aromatic hydroxyl groups is 2. The molecular formula is C51H43N9O10S3. The molecule has 0 bridgehead atoms. The number of esters is 1. The Kier molecular flexibility index (Phi) is 14.4. The second-order valence-electron chi connectivity index (χ2n) is 16.2. The van der Waals surface area contributed by atoms with E-state index in [1.807, 2.05) is 47.8 Å². The lowest BCUT2D eigenvalue weighted by Gasteiger charge is -2.36. The van der Waals surface area contributed by atoms with Crippen molar-refractivity contribution in [2.75, 3.05) is 62.1 Å². The van der Waals surface area contributed by atoms with Gasteiger partial charge < -0.3 is 49.8 Å². The molecule has 2 amide bonds. The Balaban J connectivity index is 0.602. The van der Waals surface area contributed by atoms with Gasteiger partial charge in [0.1, 0.15) is 35.4 Å². The minimum Gasteiger partial charge on any atom is -0.508 e. The number of amides is 2. The van der Waals surface area contributed by atoms with Crippen molar-refractivity contribution in [1.82, 2.24) is 20.6 Å². The van der Waals surface area contributed by atoms with Gasteiger partial charge in [-0.25, -0.2) is 14.8 Å². The summed E-state index contributed by atoms with van der Waals surface area (Å²) in [7, 11) is 0. The maximum Gasteiger partial charge on any atom is 0.340 e. The van der Waals surface area contributed by atoms with E-state index in [9.17, 15) is 24.6 Å². The van der Waals surface area contributed by atoms with Crippen LogP contribution in [-0.2, 0) is 29.3 Å². The molecule has 0 saturated heterocycles. The predicted molar refractivity (Wildman–Crippen MR) is 278 cm³/mol. The van der Waals surface area contributed by atoms with Crippen LogP contribution in [0.2, 0.25) is 0 Å². The van der Waals surface area contributed by atoms with Crippen molar-refractivity contribution in [3.05, 3.63) is 160 Å². The van der Waals surface area contributed by atoms with Crippen LogP contribution in [0, 0.1) is 0 Å². The van der Waals surface area contributed by atoms with Gasteiger partial charge in [-0.05, 0) is 67.2 Å². The molecular weight excluding hydrogens is 995 g/mol. The Bertz CT molecular complexity index is 3210. The molecule has 0 aliphatic carbocycles. The van der Waals surface area contributed by atoms with Crippen molar-refractivity contribution in [3.8, 4) is 34.3 Å². The lowest BCUT2D eigenvalue weighted by molar-refractivity contribution is -0.112. The van der Waals surface area contributed by atoms with Crippen LogP contribution < -0.4 is 31.1 Å². The van der Waals surface area contributed by atoms with Crippen LogP contribution in [0.4, 0.5) is 16.0 Å².